The Morgan fingerprint density at radius 3 is 2.58 bits per heavy atom. The number of anilines is 1. The molecule has 0 bridgehead atoms. The molecule has 2 N–H and O–H groups in total. The van der Waals surface area contributed by atoms with Crippen molar-refractivity contribution in [2.75, 3.05) is 11.9 Å². The van der Waals surface area contributed by atoms with Gasteiger partial charge in [-0.05, 0) is 25.5 Å². The lowest BCUT2D eigenvalue weighted by atomic mass is 10.1. The number of ether oxygens (including phenoxy) is 2. The van der Waals surface area contributed by atoms with Crippen molar-refractivity contribution in [3.05, 3.63) is 42.0 Å². The van der Waals surface area contributed by atoms with Crippen molar-refractivity contribution < 1.29 is 28.7 Å². The predicted octanol–water partition coefficient (Wildman–Crippen LogP) is 2.73. The van der Waals surface area contributed by atoms with E-state index in [2.05, 4.69) is 15.8 Å². The van der Waals surface area contributed by atoms with Crippen molar-refractivity contribution in [2.24, 2.45) is 5.10 Å². The zero-order chi connectivity index (χ0) is 22.4. The minimum Gasteiger partial charge on any atom is -0.462 e. The molecule has 162 valence electrons. The summed E-state index contributed by atoms with van der Waals surface area (Å²) in [5, 5.41) is 6.60. The minimum absolute atomic E-state index is 0.0361. The van der Waals surface area contributed by atoms with Crippen molar-refractivity contribution in [1.29, 1.82) is 0 Å². The first-order chi connectivity index (χ1) is 14.9. The highest BCUT2D eigenvalue weighted by Crippen LogP contribution is 2.36. The molecule has 10 heteroatoms. The van der Waals surface area contributed by atoms with Crippen LogP contribution >= 0.6 is 11.3 Å². The van der Waals surface area contributed by atoms with Gasteiger partial charge in [0.1, 0.15) is 10.7 Å². The van der Waals surface area contributed by atoms with Gasteiger partial charge in [0.25, 0.3) is 5.91 Å². The number of amides is 2. The summed E-state index contributed by atoms with van der Waals surface area (Å²) in [6.07, 6.45) is -0.892. The predicted molar refractivity (Wildman–Crippen MR) is 115 cm³/mol. The summed E-state index contributed by atoms with van der Waals surface area (Å²) in [4.78, 5) is 49.1. The van der Waals surface area contributed by atoms with E-state index in [1.807, 2.05) is 30.3 Å². The van der Waals surface area contributed by atoms with E-state index in [-0.39, 0.29) is 36.6 Å². The SMILES string of the molecule is CCOC(=O)c1cc(-c2ccccc2)sc1NC(=O)C(C)OC(=O)C1=NNC(=O)CC1. The van der Waals surface area contributed by atoms with Crippen LogP contribution in [0.1, 0.15) is 37.0 Å². The van der Waals surface area contributed by atoms with E-state index in [0.29, 0.717) is 5.00 Å². The molecule has 0 spiro atoms. The largest absolute Gasteiger partial charge is 0.462 e. The smallest absolute Gasteiger partial charge is 0.355 e. The van der Waals surface area contributed by atoms with E-state index in [4.69, 9.17) is 9.47 Å². The van der Waals surface area contributed by atoms with E-state index in [1.54, 1.807) is 13.0 Å². The zero-order valence-corrected chi connectivity index (χ0v) is 17.8. The molecule has 3 rings (SSSR count). The fourth-order valence-corrected chi connectivity index (χ4v) is 3.76. The Hall–Kier alpha value is -3.53. The van der Waals surface area contributed by atoms with Gasteiger partial charge in [-0.2, -0.15) is 5.10 Å². The Bertz CT molecular complexity index is 1030. The van der Waals surface area contributed by atoms with Crippen LogP contribution in [0.15, 0.2) is 41.5 Å². The number of rotatable bonds is 7. The van der Waals surface area contributed by atoms with E-state index in [1.165, 1.54) is 18.3 Å². The quantitative estimate of drug-likeness (QED) is 0.635. The van der Waals surface area contributed by atoms with Crippen molar-refractivity contribution in [3.63, 3.8) is 0 Å². The van der Waals surface area contributed by atoms with E-state index < -0.39 is 23.9 Å². The molecule has 9 nitrogen and oxygen atoms in total. The first-order valence-electron chi connectivity index (χ1n) is 9.62. The molecule has 1 aromatic heterocycles. The molecule has 2 aromatic rings. The highest BCUT2D eigenvalue weighted by molar-refractivity contribution is 7.20. The van der Waals surface area contributed by atoms with Crippen molar-refractivity contribution in [2.45, 2.75) is 32.8 Å². The minimum atomic E-state index is -1.15. The second-order valence-electron chi connectivity index (χ2n) is 6.57. The first kappa shape index (κ1) is 22.2. The molecule has 0 fully saturated rings. The monoisotopic (exact) mass is 443 g/mol. The fourth-order valence-electron chi connectivity index (χ4n) is 2.71. The number of hydrogen-bond acceptors (Lipinski definition) is 8. The third-order valence-electron chi connectivity index (χ3n) is 4.32. The summed E-state index contributed by atoms with van der Waals surface area (Å²) in [6, 6.07) is 11.1. The molecule has 0 radical (unpaired) electrons. The maximum absolute atomic E-state index is 12.6. The van der Waals surface area contributed by atoms with E-state index in [9.17, 15) is 19.2 Å². The normalized spacial score (nSPS) is 14.1. The number of hydrogen-bond donors (Lipinski definition) is 2. The summed E-state index contributed by atoms with van der Waals surface area (Å²) >= 11 is 1.22. The lowest BCUT2D eigenvalue weighted by Crippen LogP contribution is -2.35. The number of thiophene rings is 1. The van der Waals surface area contributed by atoms with Gasteiger partial charge < -0.3 is 14.8 Å². The number of carbonyl (C=O) groups excluding carboxylic acids is 4. The maximum atomic E-state index is 12.6. The van der Waals surface area contributed by atoms with E-state index >= 15 is 0 Å². The van der Waals surface area contributed by atoms with Crippen LogP contribution in [-0.4, -0.2) is 42.2 Å². The highest BCUT2D eigenvalue weighted by atomic mass is 32.1. The molecule has 0 aliphatic carbocycles. The standard InChI is InChI=1S/C21H21N3O6S/c1-3-29-20(27)14-11-16(13-7-5-4-6-8-13)31-19(14)22-18(26)12(2)30-21(28)15-9-10-17(25)24-23-15/h4-8,11-12H,3,9-10H2,1-2H3,(H,22,26)(H,24,25). The van der Waals surface area contributed by atoms with Gasteiger partial charge in [0.2, 0.25) is 5.91 Å². The number of nitrogens with zero attached hydrogens (tertiary/aromatic N) is 1. The molecule has 1 aromatic carbocycles. The number of benzene rings is 1. The number of esters is 2. The average molecular weight is 443 g/mol. The summed E-state index contributed by atoms with van der Waals surface area (Å²) < 4.78 is 10.2. The van der Waals surface area contributed by atoms with Gasteiger partial charge in [-0.15, -0.1) is 11.3 Å². The molecule has 1 unspecified atom stereocenters. The molecule has 1 atom stereocenters. The van der Waals surface area contributed by atoms with Crippen LogP contribution in [0.2, 0.25) is 0 Å². The molecule has 2 amide bonds. The molecule has 1 aliphatic heterocycles. The molecule has 31 heavy (non-hydrogen) atoms. The van der Waals surface area contributed by atoms with E-state index in [0.717, 1.165) is 10.4 Å². The van der Waals surface area contributed by atoms with Crippen LogP contribution in [0.5, 0.6) is 0 Å². The summed E-state index contributed by atoms with van der Waals surface area (Å²) in [6.45, 7) is 3.29. The Labute approximate surface area is 182 Å². The summed E-state index contributed by atoms with van der Waals surface area (Å²) in [5.41, 5.74) is 3.34. The summed E-state index contributed by atoms with van der Waals surface area (Å²) in [5.74, 6) is -2.25. The van der Waals surface area contributed by atoms with Gasteiger partial charge in [0.15, 0.2) is 6.10 Å². The van der Waals surface area contributed by atoms with Crippen molar-refractivity contribution in [1.82, 2.24) is 5.43 Å². The highest BCUT2D eigenvalue weighted by Gasteiger charge is 2.26. The average Bonchev–Trinajstić information content (AvgIpc) is 3.18. The van der Waals surface area contributed by atoms with Gasteiger partial charge >= 0.3 is 11.9 Å². The van der Waals surface area contributed by atoms with Crippen LogP contribution in [-0.2, 0) is 23.9 Å². The fraction of sp³-hybridized carbons (Fsp3) is 0.286. The van der Waals surface area contributed by atoms with Gasteiger partial charge in [0.05, 0.1) is 12.2 Å². The summed E-state index contributed by atoms with van der Waals surface area (Å²) in [7, 11) is 0. The topological polar surface area (TPSA) is 123 Å². The van der Waals surface area contributed by atoms with Gasteiger partial charge in [-0.25, -0.2) is 15.0 Å². The third kappa shape index (κ3) is 5.54. The lowest BCUT2D eigenvalue weighted by molar-refractivity contribution is -0.146. The van der Waals surface area contributed by atoms with Crippen LogP contribution in [0.25, 0.3) is 10.4 Å². The van der Waals surface area contributed by atoms with Crippen LogP contribution in [0.4, 0.5) is 5.00 Å². The van der Waals surface area contributed by atoms with Crippen LogP contribution < -0.4 is 10.7 Å². The third-order valence-corrected chi connectivity index (χ3v) is 5.42. The lowest BCUT2D eigenvalue weighted by Gasteiger charge is -2.15. The van der Waals surface area contributed by atoms with Crippen LogP contribution in [0, 0.1) is 0 Å². The molecule has 0 saturated heterocycles. The van der Waals surface area contributed by atoms with Crippen LogP contribution in [0.3, 0.4) is 0 Å². The Kier molecular flexibility index (Phi) is 7.14. The first-order valence-corrected chi connectivity index (χ1v) is 10.4. The number of hydrazone groups is 1. The molecular formula is C21H21N3O6S. The zero-order valence-electron chi connectivity index (χ0n) is 17.0. The number of nitrogens with one attached hydrogen (secondary N) is 2. The van der Waals surface area contributed by atoms with Crippen molar-refractivity contribution >= 4 is 45.8 Å². The molecule has 1 aliphatic rings. The second kappa shape index (κ2) is 9.98. The number of carbonyl (C=O) groups is 4. The Morgan fingerprint density at radius 1 is 1.19 bits per heavy atom. The molecule has 0 saturated carbocycles. The van der Waals surface area contributed by atoms with Gasteiger partial charge in [-0.3, -0.25) is 9.59 Å². The Balaban J connectivity index is 1.74. The second-order valence-corrected chi connectivity index (χ2v) is 7.62. The van der Waals surface area contributed by atoms with Gasteiger partial charge in [-0.1, -0.05) is 30.3 Å². The van der Waals surface area contributed by atoms with Crippen molar-refractivity contribution in [3.8, 4) is 10.4 Å². The Morgan fingerprint density at radius 2 is 1.94 bits per heavy atom. The van der Waals surface area contributed by atoms with Gasteiger partial charge in [0, 0.05) is 17.7 Å². The molecular weight excluding hydrogens is 422 g/mol. The molecule has 2 heterocycles. The maximum Gasteiger partial charge on any atom is 0.355 e.